The van der Waals surface area contributed by atoms with Crippen molar-refractivity contribution in [1.29, 1.82) is 0 Å². The van der Waals surface area contributed by atoms with Crippen LogP contribution in [0.1, 0.15) is 57.3 Å². The van der Waals surface area contributed by atoms with Gasteiger partial charge in [-0.3, -0.25) is 4.79 Å². The Morgan fingerprint density at radius 1 is 1.30 bits per heavy atom. The van der Waals surface area contributed by atoms with Crippen LogP contribution in [0.5, 0.6) is 5.75 Å². The predicted molar refractivity (Wildman–Crippen MR) is 123 cm³/mol. The minimum Gasteiger partial charge on any atom is -0.489 e. The number of urea groups is 1. The van der Waals surface area contributed by atoms with Crippen LogP contribution in [0, 0.1) is 18.8 Å². The fourth-order valence-corrected chi connectivity index (χ4v) is 3.87. The Labute approximate surface area is 194 Å². The smallest absolute Gasteiger partial charge is 0.315 e. The molecular formula is C23H34N6O4. The zero-order valence-electron chi connectivity index (χ0n) is 19.8. The largest absolute Gasteiger partial charge is 0.489 e. The molecule has 1 aliphatic rings. The van der Waals surface area contributed by atoms with Crippen molar-refractivity contribution in [1.82, 2.24) is 30.6 Å². The fourth-order valence-electron chi connectivity index (χ4n) is 3.87. The average molecular weight is 459 g/mol. The fraction of sp³-hybridized carbons (Fsp3) is 0.609. The molecule has 3 N–H and O–H groups in total. The monoisotopic (exact) mass is 458 g/mol. The normalized spacial score (nSPS) is 19.0. The van der Waals surface area contributed by atoms with Crippen LogP contribution in [0.25, 0.3) is 11.4 Å². The van der Waals surface area contributed by atoms with Crippen LogP contribution in [0.4, 0.5) is 4.79 Å². The van der Waals surface area contributed by atoms with E-state index < -0.39 is 5.97 Å². The third-order valence-corrected chi connectivity index (χ3v) is 6.22. The molecule has 33 heavy (non-hydrogen) atoms. The van der Waals surface area contributed by atoms with Crippen LogP contribution < -0.4 is 15.4 Å². The summed E-state index contributed by atoms with van der Waals surface area (Å²) in [6.07, 6.45) is 3.76. The quantitative estimate of drug-likeness (QED) is 0.526. The molecule has 3 atom stereocenters. The van der Waals surface area contributed by atoms with Crippen molar-refractivity contribution in [3.05, 3.63) is 23.5 Å². The van der Waals surface area contributed by atoms with E-state index in [2.05, 4.69) is 39.8 Å². The van der Waals surface area contributed by atoms with Gasteiger partial charge in [0.2, 0.25) is 0 Å². The number of carbonyl (C=O) groups is 2. The number of aryl methyl sites for hydroxylation is 2. The van der Waals surface area contributed by atoms with Gasteiger partial charge in [0.1, 0.15) is 11.4 Å². The van der Waals surface area contributed by atoms with Gasteiger partial charge in [-0.1, -0.05) is 25.5 Å². The van der Waals surface area contributed by atoms with Gasteiger partial charge in [-0.15, -0.1) is 5.10 Å². The molecular weight excluding hydrogens is 424 g/mol. The van der Waals surface area contributed by atoms with Crippen molar-refractivity contribution in [2.75, 3.05) is 6.54 Å². The summed E-state index contributed by atoms with van der Waals surface area (Å²) in [5.41, 5.74) is 2.67. The molecule has 0 aromatic carbocycles. The average Bonchev–Trinajstić information content (AvgIpc) is 3.17. The number of carboxylic acid groups (broad SMARTS) is 1. The van der Waals surface area contributed by atoms with Gasteiger partial charge in [0.15, 0.2) is 0 Å². The summed E-state index contributed by atoms with van der Waals surface area (Å²) < 4.78 is 7.72. The number of nitrogens with zero attached hydrogens (tertiary/aromatic N) is 4. The minimum absolute atomic E-state index is 0.128. The number of amides is 2. The summed E-state index contributed by atoms with van der Waals surface area (Å²) in [5, 5.41) is 23.4. The standard InChI is InChI=1S/C23H34N6O4/c1-5-14(2)12-24-23(32)25-13-19-21(27-28-29(19)4)18-9-10-20(15(3)26-18)33-17-8-6-7-16(11-17)22(30)31/h9-10,14,16-17H,5-8,11-13H2,1-4H3,(H,30,31)(H2,24,25,32)/t14?,16-,17-/m0/s1. The van der Waals surface area contributed by atoms with Gasteiger partial charge < -0.3 is 20.5 Å². The van der Waals surface area contributed by atoms with Crippen molar-refractivity contribution in [2.45, 2.75) is 65.5 Å². The lowest BCUT2D eigenvalue weighted by molar-refractivity contribution is -0.143. The SMILES string of the molecule is CCC(C)CNC(=O)NCc1c(-c2ccc(O[C@H]3CCC[C@H](C(=O)O)C3)c(C)n2)nnn1C. The lowest BCUT2D eigenvalue weighted by Crippen LogP contribution is -2.37. The van der Waals surface area contributed by atoms with Crippen LogP contribution in [-0.2, 0) is 18.4 Å². The van der Waals surface area contributed by atoms with E-state index in [0.717, 1.165) is 25.0 Å². The van der Waals surface area contributed by atoms with E-state index in [9.17, 15) is 14.7 Å². The van der Waals surface area contributed by atoms with E-state index in [-0.39, 0.29) is 24.6 Å². The number of pyridine rings is 1. The molecule has 2 aromatic rings. The van der Waals surface area contributed by atoms with Gasteiger partial charge in [0, 0.05) is 13.6 Å². The molecule has 10 nitrogen and oxygen atoms in total. The Balaban J connectivity index is 1.66. The molecule has 2 amide bonds. The first kappa shape index (κ1) is 24.5. The van der Waals surface area contributed by atoms with Crippen molar-refractivity contribution >= 4 is 12.0 Å². The molecule has 0 spiro atoms. The highest BCUT2D eigenvalue weighted by Crippen LogP contribution is 2.30. The highest BCUT2D eigenvalue weighted by molar-refractivity contribution is 5.74. The zero-order chi connectivity index (χ0) is 24.0. The number of rotatable bonds is 9. The van der Waals surface area contributed by atoms with Gasteiger partial charge in [-0.05, 0) is 50.7 Å². The number of carbonyl (C=O) groups excluding carboxylic acids is 1. The molecule has 0 aliphatic heterocycles. The lowest BCUT2D eigenvalue weighted by atomic mass is 9.87. The third kappa shape index (κ3) is 6.43. The summed E-state index contributed by atoms with van der Waals surface area (Å²) in [6.45, 7) is 6.92. The topological polar surface area (TPSA) is 131 Å². The molecule has 2 aromatic heterocycles. The molecule has 180 valence electrons. The van der Waals surface area contributed by atoms with Crippen molar-refractivity contribution in [3.63, 3.8) is 0 Å². The number of aromatic nitrogens is 4. The second-order valence-electron chi connectivity index (χ2n) is 8.81. The number of hydrogen-bond donors (Lipinski definition) is 3. The third-order valence-electron chi connectivity index (χ3n) is 6.22. The Morgan fingerprint density at radius 2 is 2.09 bits per heavy atom. The number of carboxylic acids is 1. The molecule has 1 fully saturated rings. The van der Waals surface area contributed by atoms with Crippen LogP contribution >= 0.6 is 0 Å². The first-order valence-corrected chi connectivity index (χ1v) is 11.6. The van der Waals surface area contributed by atoms with Crippen LogP contribution in [0.3, 0.4) is 0 Å². The maximum atomic E-state index is 12.1. The number of hydrogen-bond acceptors (Lipinski definition) is 6. The molecule has 0 bridgehead atoms. The summed E-state index contributed by atoms with van der Waals surface area (Å²) in [4.78, 5) is 28.1. The first-order valence-electron chi connectivity index (χ1n) is 11.6. The molecule has 3 rings (SSSR count). The minimum atomic E-state index is -0.758. The van der Waals surface area contributed by atoms with Crippen LogP contribution in [-0.4, -0.2) is 49.7 Å². The van der Waals surface area contributed by atoms with E-state index in [1.165, 1.54) is 0 Å². The predicted octanol–water partition coefficient (Wildman–Crippen LogP) is 3.05. The van der Waals surface area contributed by atoms with E-state index in [4.69, 9.17) is 4.74 Å². The Kier molecular flexibility index (Phi) is 8.24. The van der Waals surface area contributed by atoms with Gasteiger partial charge in [-0.2, -0.15) is 0 Å². The molecule has 0 radical (unpaired) electrons. The summed E-state index contributed by atoms with van der Waals surface area (Å²) in [5.74, 6) is -0.0526. The molecule has 2 heterocycles. The van der Waals surface area contributed by atoms with E-state index in [0.29, 0.717) is 48.1 Å². The maximum absolute atomic E-state index is 12.1. The number of nitrogens with one attached hydrogen (secondary N) is 2. The van der Waals surface area contributed by atoms with Gasteiger partial charge >= 0.3 is 12.0 Å². The van der Waals surface area contributed by atoms with Crippen molar-refractivity contribution < 1.29 is 19.4 Å². The Morgan fingerprint density at radius 3 is 2.79 bits per heavy atom. The van der Waals surface area contributed by atoms with E-state index in [1.807, 2.05) is 19.1 Å². The number of ether oxygens (including phenoxy) is 1. The van der Waals surface area contributed by atoms with Gasteiger partial charge in [0.25, 0.3) is 0 Å². The lowest BCUT2D eigenvalue weighted by Gasteiger charge is -2.27. The van der Waals surface area contributed by atoms with Crippen molar-refractivity contribution in [3.8, 4) is 17.1 Å². The zero-order valence-corrected chi connectivity index (χ0v) is 19.8. The summed E-state index contributed by atoms with van der Waals surface area (Å²) >= 11 is 0. The highest BCUT2D eigenvalue weighted by atomic mass is 16.5. The molecule has 1 aliphatic carbocycles. The van der Waals surface area contributed by atoms with Crippen LogP contribution in [0.2, 0.25) is 0 Å². The Bertz CT molecular complexity index is 976. The highest BCUT2D eigenvalue weighted by Gasteiger charge is 2.28. The van der Waals surface area contributed by atoms with Gasteiger partial charge in [0.05, 0.1) is 35.6 Å². The molecule has 0 saturated heterocycles. The maximum Gasteiger partial charge on any atom is 0.315 e. The molecule has 1 unspecified atom stereocenters. The molecule has 1 saturated carbocycles. The second-order valence-corrected chi connectivity index (χ2v) is 8.81. The summed E-state index contributed by atoms with van der Waals surface area (Å²) in [6, 6.07) is 3.42. The van der Waals surface area contributed by atoms with E-state index in [1.54, 1.807) is 11.7 Å². The van der Waals surface area contributed by atoms with Gasteiger partial charge in [-0.25, -0.2) is 14.5 Å². The first-order chi connectivity index (χ1) is 15.8. The number of aliphatic carboxylic acids is 1. The van der Waals surface area contributed by atoms with Crippen molar-refractivity contribution in [2.24, 2.45) is 18.9 Å². The van der Waals surface area contributed by atoms with Crippen LogP contribution in [0.15, 0.2) is 12.1 Å². The molecule has 10 heteroatoms. The second kappa shape index (κ2) is 11.1. The summed E-state index contributed by atoms with van der Waals surface area (Å²) in [7, 11) is 1.77. The Hall–Kier alpha value is -3.17. The van der Waals surface area contributed by atoms with E-state index >= 15 is 0 Å².